The summed E-state index contributed by atoms with van der Waals surface area (Å²) in [6.45, 7) is 4.60. The molecule has 0 fully saturated rings. The predicted molar refractivity (Wildman–Crippen MR) is 147 cm³/mol. The van der Waals surface area contributed by atoms with E-state index < -0.39 is 0 Å². The molecule has 0 atom stereocenters. The van der Waals surface area contributed by atoms with Crippen LogP contribution < -0.4 is 20.1 Å². The molecular formula is C28H29N5O4S. The number of rotatable bonds is 11. The van der Waals surface area contributed by atoms with Gasteiger partial charge in [-0.3, -0.25) is 14.2 Å². The lowest BCUT2D eigenvalue weighted by atomic mass is 10.2. The van der Waals surface area contributed by atoms with Gasteiger partial charge in [-0.25, -0.2) is 0 Å². The van der Waals surface area contributed by atoms with Gasteiger partial charge in [0.1, 0.15) is 11.5 Å². The van der Waals surface area contributed by atoms with Crippen molar-refractivity contribution in [2.24, 2.45) is 0 Å². The van der Waals surface area contributed by atoms with Gasteiger partial charge < -0.3 is 20.1 Å². The molecule has 0 unspecified atom stereocenters. The van der Waals surface area contributed by atoms with Crippen LogP contribution in [0.15, 0.2) is 78.0 Å². The molecule has 4 rings (SSSR count). The Morgan fingerprint density at radius 2 is 1.71 bits per heavy atom. The topological polar surface area (TPSA) is 107 Å². The molecule has 0 spiro atoms. The van der Waals surface area contributed by atoms with Crippen LogP contribution in [0.25, 0.3) is 5.69 Å². The fraction of sp³-hybridized carbons (Fsp3) is 0.214. The average Bonchev–Trinajstić information content (AvgIpc) is 3.34. The highest BCUT2D eigenvalue weighted by atomic mass is 32.2. The number of carbonyl (C=O) groups is 2. The Kier molecular flexibility index (Phi) is 8.99. The minimum Gasteiger partial charge on any atom is -0.497 e. The maximum atomic E-state index is 12.7. The van der Waals surface area contributed by atoms with Crippen molar-refractivity contribution >= 4 is 29.3 Å². The van der Waals surface area contributed by atoms with E-state index in [-0.39, 0.29) is 24.1 Å². The number of carbonyl (C=O) groups excluding carboxylic acids is 2. The number of aromatic nitrogens is 3. The molecule has 9 nitrogen and oxygen atoms in total. The van der Waals surface area contributed by atoms with Gasteiger partial charge in [0.05, 0.1) is 26.0 Å². The minimum atomic E-state index is -0.249. The normalized spacial score (nSPS) is 10.6. The number of benzene rings is 3. The number of thioether (sulfide) groups is 1. The van der Waals surface area contributed by atoms with Crippen molar-refractivity contribution in [3.8, 4) is 17.2 Å². The maximum absolute atomic E-state index is 12.7. The van der Waals surface area contributed by atoms with E-state index in [1.807, 2.05) is 66.9 Å². The van der Waals surface area contributed by atoms with Crippen LogP contribution in [0.3, 0.4) is 0 Å². The molecule has 4 aromatic rings. The van der Waals surface area contributed by atoms with Crippen molar-refractivity contribution in [2.75, 3.05) is 24.8 Å². The molecule has 0 saturated carbocycles. The molecule has 0 aliphatic rings. The van der Waals surface area contributed by atoms with Crippen molar-refractivity contribution in [1.29, 1.82) is 0 Å². The first-order valence-electron chi connectivity index (χ1n) is 12.1. The average molecular weight is 532 g/mol. The Balaban J connectivity index is 1.50. The molecule has 2 amide bonds. The molecule has 3 aromatic carbocycles. The van der Waals surface area contributed by atoms with Crippen molar-refractivity contribution in [1.82, 2.24) is 20.1 Å². The van der Waals surface area contributed by atoms with E-state index in [9.17, 15) is 9.59 Å². The van der Waals surface area contributed by atoms with Gasteiger partial charge in [-0.1, -0.05) is 23.9 Å². The molecule has 1 heterocycles. The molecule has 0 radical (unpaired) electrons. The number of aryl methyl sites for hydroxylation is 1. The summed E-state index contributed by atoms with van der Waals surface area (Å²) in [5.74, 6) is 1.67. The molecule has 0 aliphatic carbocycles. The number of hydrogen-bond donors (Lipinski definition) is 2. The Hall–Kier alpha value is -4.31. The SMILES string of the molecule is CCOc1ccc(-n2c(CNC(=O)c3ccc(OC)cc3)nnc2SCC(=O)Nc2cccc(C)c2)cc1. The highest BCUT2D eigenvalue weighted by molar-refractivity contribution is 7.99. The zero-order chi connectivity index (χ0) is 26.9. The first-order chi connectivity index (χ1) is 18.5. The minimum absolute atomic E-state index is 0.140. The van der Waals surface area contributed by atoms with Crippen molar-refractivity contribution in [3.05, 3.63) is 89.7 Å². The van der Waals surface area contributed by atoms with E-state index in [0.29, 0.717) is 28.9 Å². The molecule has 196 valence electrons. The zero-order valence-electron chi connectivity index (χ0n) is 21.4. The van der Waals surface area contributed by atoms with Gasteiger partial charge in [-0.15, -0.1) is 10.2 Å². The number of nitrogens with one attached hydrogen (secondary N) is 2. The lowest BCUT2D eigenvalue weighted by molar-refractivity contribution is -0.113. The highest BCUT2D eigenvalue weighted by Gasteiger charge is 2.17. The fourth-order valence-corrected chi connectivity index (χ4v) is 4.45. The van der Waals surface area contributed by atoms with Gasteiger partial charge in [0, 0.05) is 16.9 Å². The summed E-state index contributed by atoms with van der Waals surface area (Å²) in [5.41, 5.74) is 3.09. The quantitative estimate of drug-likeness (QED) is 0.272. The van der Waals surface area contributed by atoms with Gasteiger partial charge in [0.2, 0.25) is 5.91 Å². The van der Waals surface area contributed by atoms with Crippen molar-refractivity contribution in [2.45, 2.75) is 25.5 Å². The Morgan fingerprint density at radius 1 is 0.974 bits per heavy atom. The van der Waals surface area contributed by atoms with Crippen molar-refractivity contribution < 1.29 is 19.1 Å². The second kappa shape index (κ2) is 12.8. The number of anilines is 1. The Labute approximate surface area is 225 Å². The van der Waals surface area contributed by atoms with E-state index in [0.717, 1.165) is 22.7 Å². The summed E-state index contributed by atoms with van der Waals surface area (Å²) in [6, 6.07) is 22.0. The van der Waals surface area contributed by atoms with E-state index in [1.54, 1.807) is 31.4 Å². The van der Waals surface area contributed by atoms with E-state index >= 15 is 0 Å². The monoisotopic (exact) mass is 531 g/mol. The number of methoxy groups -OCH3 is 1. The zero-order valence-corrected chi connectivity index (χ0v) is 22.2. The van der Waals surface area contributed by atoms with Gasteiger partial charge in [0.25, 0.3) is 5.91 Å². The molecule has 0 aliphatic heterocycles. The Morgan fingerprint density at radius 3 is 2.39 bits per heavy atom. The number of hydrogen-bond acceptors (Lipinski definition) is 7. The summed E-state index contributed by atoms with van der Waals surface area (Å²) < 4.78 is 12.5. The summed E-state index contributed by atoms with van der Waals surface area (Å²) in [7, 11) is 1.57. The van der Waals surface area contributed by atoms with Crippen LogP contribution >= 0.6 is 11.8 Å². The van der Waals surface area contributed by atoms with E-state index in [1.165, 1.54) is 11.8 Å². The summed E-state index contributed by atoms with van der Waals surface area (Å²) >= 11 is 1.26. The summed E-state index contributed by atoms with van der Waals surface area (Å²) in [5, 5.41) is 15.0. The highest BCUT2D eigenvalue weighted by Crippen LogP contribution is 2.24. The largest absolute Gasteiger partial charge is 0.497 e. The second-order valence-corrected chi connectivity index (χ2v) is 9.22. The maximum Gasteiger partial charge on any atom is 0.251 e. The third-order valence-corrected chi connectivity index (χ3v) is 6.43. The van der Waals surface area contributed by atoms with E-state index in [2.05, 4.69) is 20.8 Å². The van der Waals surface area contributed by atoms with E-state index in [4.69, 9.17) is 9.47 Å². The van der Waals surface area contributed by atoms with Crippen molar-refractivity contribution in [3.63, 3.8) is 0 Å². The molecular weight excluding hydrogens is 502 g/mol. The summed E-state index contributed by atoms with van der Waals surface area (Å²) in [4.78, 5) is 25.3. The van der Waals surface area contributed by atoms with Crippen LogP contribution in [0, 0.1) is 6.92 Å². The van der Waals surface area contributed by atoms with Crippen LogP contribution in [0.2, 0.25) is 0 Å². The Bertz CT molecular complexity index is 1390. The molecule has 10 heteroatoms. The van der Waals surface area contributed by atoms with Gasteiger partial charge in [-0.2, -0.15) is 0 Å². The van der Waals surface area contributed by atoms with Crippen LogP contribution in [0.1, 0.15) is 28.7 Å². The number of amides is 2. The fourth-order valence-electron chi connectivity index (χ4n) is 3.68. The van der Waals surface area contributed by atoms with Crippen LogP contribution in [-0.4, -0.2) is 46.0 Å². The first kappa shape index (κ1) is 26.7. The van der Waals surface area contributed by atoms with Gasteiger partial charge in [0.15, 0.2) is 11.0 Å². The first-order valence-corrected chi connectivity index (χ1v) is 13.0. The smallest absolute Gasteiger partial charge is 0.251 e. The summed E-state index contributed by atoms with van der Waals surface area (Å²) in [6.07, 6.45) is 0. The third-order valence-electron chi connectivity index (χ3n) is 5.50. The van der Waals surface area contributed by atoms with Crippen LogP contribution in [-0.2, 0) is 11.3 Å². The predicted octanol–water partition coefficient (Wildman–Crippen LogP) is 4.64. The second-order valence-electron chi connectivity index (χ2n) is 8.28. The standard InChI is InChI=1S/C28H29N5O4S/c1-4-37-24-14-10-22(11-15-24)33-25(17-29-27(35)20-8-12-23(36-3)13-9-20)31-32-28(33)38-18-26(34)30-21-7-5-6-19(2)16-21/h5-16H,4,17-18H2,1-3H3,(H,29,35)(H,30,34). The molecule has 2 N–H and O–H groups in total. The van der Waals surface area contributed by atoms with Gasteiger partial charge >= 0.3 is 0 Å². The lowest BCUT2D eigenvalue weighted by Crippen LogP contribution is -2.24. The number of nitrogens with zero attached hydrogens (tertiary/aromatic N) is 3. The molecule has 38 heavy (non-hydrogen) atoms. The number of ether oxygens (including phenoxy) is 2. The van der Waals surface area contributed by atoms with Crippen LogP contribution in [0.5, 0.6) is 11.5 Å². The molecule has 1 aromatic heterocycles. The van der Waals surface area contributed by atoms with Gasteiger partial charge in [-0.05, 0) is 80.1 Å². The molecule has 0 saturated heterocycles. The molecule has 0 bridgehead atoms. The lowest BCUT2D eigenvalue weighted by Gasteiger charge is -2.12. The third kappa shape index (κ3) is 6.92. The van der Waals surface area contributed by atoms with Crippen LogP contribution in [0.4, 0.5) is 5.69 Å².